The number of carbonyl (C=O) groups is 2. The van der Waals surface area contributed by atoms with Gasteiger partial charge in [0.1, 0.15) is 16.9 Å². The van der Waals surface area contributed by atoms with Crippen LogP contribution >= 0.6 is 11.3 Å². The number of aliphatic hydroxyl groups is 2. The second-order valence-electron chi connectivity index (χ2n) is 11.4. The molecule has 3 rings (SSSR count). The molecule has 1 aliphatic rings. The SMILES string of the molecule is CCCC1C(=O)C(C)(C)C(O)CC(=O)OC(c2ccc3sc(CN)nc3c2)CC=C(C)CCCC(C)C1O. The smallest absolute Gasteiger partial charge is 0.309 e. The van der Waals surface area contributed by atoms with Crippen LogP contribution in [0.2, 0.25) is 0 Å². The molecule has 38 heavy (non-hydrogen) atoms. The number of aliphatic hydroxyl groups excluding tert-OH is 2. The number of nitrogens with zero attached hydrogens (tertiary/aromatic N) is 1. The number of carbonyl (C=O) groups excluding carboxylic acids is 2. The molecule has 5 atom stereocenters. The van der Waals surface area contributed by atoms with Gasteiger partial charge in [0.2, 0.25) is 0 Å². The highest BCUT2D eigenvalue weighted by Crippen LogP contribution is 2.35. The zero-order chi connectivity index (χ0) is 28.0. The highest BCUT2D eigenvalue weighted by Gasteiger charge is 2.43. The topological polar surface area (TPSA) is 123 Å². The van der Waals surface area contributed by atoms with Crippen molar-refractivity contribution in [3.8, 4) is 0 Å². The molecule has 0 amide bonds. The van der Waals surface area contributed by atoms with Crippen LogP contribution in [0.5, 0.6) is 0 Å². The van der Waals surface area contributed by atoms with Gasteiger partial charge >= 0.3 is 5.97 Å². The number of rotatable bonds is 4. The van der Waals surface area contributed by atoms with E-state index < -0.39 is 35.6 Å². The van der Waals surface area contributed by atoms with Crippen LogP contribution in [-0.4, -0.2) is 39.2 Å². The lowest BCUT2D eigenvalue weighted by atomic mass is 9.71. The van der Waals surface area contributed by atoms with Gasteiger partial charge in [-0.1, -0.05) is 51.8 Å². The van der Waals surface area contributed by atoms with Crippen molar-refractivity contribution in [3.05, 3.63) is 40.4 Å². The van der Waals surface area contributed by atoms with Crippen LogP contribution in [0, 0.1) is 17.3 Å². The number of esters is 1. The molecule has 0 saturated heterocycles. The number of nitrogens with two attached hydrogens (primary N) is 1. The van der Waals surface area contributed by atoms with E-state index in [1.54, 1.807) is 25.2 Å². The van der Waals surface area contributed by atoms with Gasteiger partial charge in [0.25, 0.3) is 0 Å². The van der Waals surface area contributed by atoms with Gasteiger partial charge < -0.3 is 20.7 Å². The predicted molar refractivity (Wildman–Crippen MR) is 152 cm³/mol. The number of benzene rings is 1. The Morgan fingerprint density at radius 3 is 2.66 bits per heavy atom. The largest absolute Gasteiger partial charge is 0.457 e. The molecule has 2 aromatic rings. The number of hydrogen-bond acceptors (Lipinski definition) is 8. The fraction of sp³-hybridized carbons (Fsp3) is 0.633. The molecule has 8 heteroatoms. The van der Waals surface area contributed by atoms with Crippen molar-refractivity contribution < 1.29 is 24.5 Å². The summed E-state index contributed by atoms with van der Waals surface area (Å²) in [5.41, 5.74) is 7.39. The molecule has 210 valence electrons. The molecule has 4 N–H and O–H groups in total. The van der Waals surface area contributed by atoms with E-state index in [9.17, 15) is 19.8 Å². The van der Waals surface area contributed by atoms with Crippen molar-refractivity contribution in [2.24, 2.45) is 23.0 Å². The second kappa shape index (κ2) is 13.3. The standard InChI is InChI=1S/C30H44N2O5S/c1-6-8-21-28(35)19(3)10-7-9-18(2)11-13-23(37-27(34)16-25(33)30(4,5)29(21)36)20-12-14-24-22(15-20)32-26(17-31)38-24/h11-12,14-15,19,21,23,25,28,33,35H,6-10,13,16-17,31H2,1-5H3. The maximum absolute atomic E-state index is 13.6. The quantitative estimate of drug-likeness (QED) is 0.337. The van der Waals surface area contributed by atoms with Gasteiger partial charge in [-0.2, -0.15) is 0 Å². The van der Waals surface area contributed by atoms with Crippen molar-refractivity contribution in [3.63, 3.8) is 0 Å². The zero-order valence-electron chi connectivity index (χ0n) is 23.4. The summed E-state index contributed by atoms with van der Waals surface area (Å²) in [4.78, 5) is 31.3. The van der Waals surface area contributed by atoms with Gasteiger partial charge in [-0.05, 0) is 56.2 Å². The average Bonchev–Trinajstić information content (AvgIpc) is 3.30. The Labute approximate surface area is 230 Å². The molecule has 0 bridgehead atoms. The molecular formula is C30H44N2O5S. The highest BCUT2D eigenvalue weighted by molar-refractivity contribution is 7.18. The number of Topliss-reactive ketones (excluding diaryl/α,β-unsaturated/α-hetero) is 1. The number of allylic oxidation sites excluding steroid dienone is 1. The first-order chi connectivity index (χ1) is 18.0. The Bertz CT molecular complexity index is 1140. The van der Waals surface area contributed by atoms with E-state index >= 15 is 0 Å². The maximum atomic E-state index is 13.6. The third kappa shape index (κ3) is 7.29. The molecule has 0 spiro atoms. The number of thiazole rings is 1. The number of hydrogen-bond donors (Lipinski definition) is 3. The van der Waals surface area contributed by atoms with Gasteiger partial charge in [0.15, 0.2) is 0 Å². The summed E-state index contributed by atoms with van der Waals surface area (Å²) in [5, 5.41) is 23.0. The van der Waals surface area contributed by atoms with Crippen molar-refractivity contribution in [1.29, 1.82) is 0 Å². The normalized spacial score (nSPS) is 28.2. The summed E-state index contributed by atoms with van der Waals surface area (Å²) in [5.74, 6) is -1.41. The van der Waals surface area contributed by atoms with Gasteiger partial charge in [0, 0.05) is 18.9 Å². The van der Waals surface area contributed by atoms with Crippen molar-refractivity contribution >= 4 is 33.3 Å². The van der Waals surface area contributed by atoms with Gasteiger partial charge in [-0.3, -0.25) is 9.59 Å². The Hall–Kier alpha value is -2.13. The van der Waals surface area contributed by atoms with Crippen LogP contribution in [0.3, 0.4) is 0 Å². The summed E-state index contributed by atoms with van der Waals surface area (Å²) < 4.78 is 6.95. The first kappa shape index (κ1) is 30.4. The fourth-order valence-electron chi connectivity index (χ4n) is 5.24. The van der Waals surface area contributed by atoms with E-state index in [1.165, 1.54) is 5.57 Å². The second-order valence-corrected chi connectivity index (χ2v) is 12.5. The van der Waals surface area contributed by atoms with E-state index in [1.807, 2.05) is 32.0 Å². The minimum atomic E-state index is -1.23. The molecule has 5 unspecified atom stereocenters. The summed E-state index contributed by atoms with van der Waals surface area (Å²) in [6.07, 6.45) is 3.55. The Balaban J connectivity index is 1.93. The van der Waals surface area contributed by atoms with Crippen molar-refractivity contribution in [1.82, 2.24) is 4.98 Å². The monoisotopic (exact) mass is 544 g/mol. The molecule has 0 aliphatic carbocycles. The van der Waals surface area contributed by atoms with Crippen molar-refractivity contribution in [2.45, 2.75) is 104 Å². The predicted octanol–water partition coefficient (Wildman–Crippen LogP) is 5.62. The molecule has 1 aromatic carbocycles. The van der Waals surface area contributed by atoms with Crippen LogP contribution in [0.1, 0.15) is 96.2 Å². The molecule has 2 heterocycles. The first-order valence-corrected chi connectivity index (χ1v) is 14.6. The number of aromatic nitrogens is 1. The molecule has 1 aromatic heterocycles. The van der Waals surface area contributed by atoms with E-state index in [0.29, 0.717) is 19.4 Å². The third-order valence-corrected chi connectivity index (χ3v) is 9.01. The Morgan fingerprint density at radius 1 is 1.24 bits per heavy atom. The molecule has 1 aliphatic heterocycles. The van der Waals surface area contributed by atoms with Gasteiger partial charge in [-0.15, -0.1) is 11.3 Å². The minimum Gasteiger partial charge on any atom is -0.457 e. The molecule has 7 nitrogen and oxygen atoms in total. The minimum absolute atomic E-state index is 0.0508. The zero-order valence-corrected chi connectivity index (χ0v) is 24.2. The number of ether oxygens (including phenoxy) is 1. The number of fused-ring (bicyclic) bond motifs is 1. The Kier molecular flexibility index (Phi) is 10.6. The summed E-state index contributed by atoms with van der Waals surface area (Å²) in [6.45, 7) is 9.73. The van der Waals surface area contributed by atoms with Gasteiger partial charge in [0.05, 0.1) is 34.3 Å². The molecular weight excluding hydrogens is 500 g/mol. The van der Waals surface area contributed by atoms with Gasteiger partial charge in [-0.25, -0.2) is 4.98 Å². The summed E-state index contributed by atoms with van der Waals surface area (Å²) in [7, 11) is 0. The lowest BCUT2D eigenvalue weighted by Crippen LogP contribution is -2.46. The third-order valence-electron chi connectivity index (χ3n) is 7.95. The summed E-state index contributed by atoms with van der Waals surface area (Å²) in [6, 6.07) is 5.86. The van der Waals surface area contributed by atoms with Crippen LogP contribution in [0.25, 0.3) is 10.2 Å². The maximum Gasteiger partial charge on any atom is 0.309 e. The molecule has 0 radical (unpaired) electrons. The van der Waals surface area contributed by atoms with E-state index in [-0.39, 0.29) is 18.1 Å². The van der Waals surface area contributed by atoms with Crippen LogP contribution in [0.4, 0.5) is 0 Å². The molecule has 0 fully saturated rings. The Morgan fingerprint density at radius 2 is 1.97 bits per heavy atom. The number of ketones is 1. The summed E-state index contributed by atoms with van der Waals surface area (Å²) >= 11 is 1.55. The van der Waals surface area contributed by atoms with Crippen LogP contribution in [0.15, 0.2) is 29.8 Å². The lowest BCUT2D eigenvalue weighted by molar-refractivity contribution is -0.156. The highest BCUT2D eigenvalue weighted by atomic mass is 32.1. The van der Waals surface area contributed by atoms with Crippen LogP contribution in [-0.2, 0) is 20.9 Å². The first-order valence-electron chi connectivity index (χ1n) is 13.8. The van der Waals surface area contributed by atoms with Crippen LogP contribution < -0.4 is 5.73 Å². The molecule has 0 saturated carbocycles. The lowest BCUT2D eigenvalue weighted by Gasteiger charge is -2.36. The van der Waals surface area contributed by atoms with Crippen molar-refractivity contribution in [2.75, 3.05) is 0 Å². The average molecular weight is 545 g/mol. The van der Waals surface area contributed by atoms with E-state index in [4.69, 9.17) is 10.5 Å². The number of cyclic esters (lactones) is 1. The van der Waals surface area contributed by atoms with E-state index in [2.05, 4.69) is 18.0 Å². The fourth-order valence-corrected chi connectivity index (χ4v) is 6.07. The van der Waals surface area contributed by atoms with E-state index in [0.717, 1.165) is 46.5 Å².